The Morgan fingerprint density at radius 2 is 2.10 bits per heavy atom. The maximum atomic E-state index is 10.8. The lowest BCUT2D eigenvalue weighted by atomic mass is 9.83. The first-order chi connectivity index (χ1) is 9.56. The highest BCUT2D eigenvalue weighted by Gasteiger charge is 2.32. The topological polar surface area (TPSA) is 61.6 Å². The number of halogens is 2. The highest BCUT2D eigenvalue weighted by atomic mass is 79.9. The molecule has 0 atom stereocenters. The van der Waals surface area contributed by atoms with Crippen molar-refractivity contribution in [3.63, 3.8) is 0 Å². The summed E-state index contributed by atoms with van der Waals surface area (Å²) < 4.78 is 11.9. The number of rotatable bonds is 5. The zero-order valence-electron chi connectivity index (χ0n) is 10.8. The zero-order chi connectivity index (χ0) is 14.6. The van der Waals surface area contributed by atoms with Crippen molar-refractivity contribution in [1.29, 1.82) is 0 Å². The van der Waals surface area contributed by atoms with Crippen LogP contribution in [0.2, 0.25) is 0 Å². The number of nitro benzene ring substituents is 1. The molecule has 1 saturated heterocycles. The van der Waals surface area contributed by atoms with Crippen molar-refractivity contribution in [1.82, 2.24) is 0 Å². The Morgan fingerprint density at radius 3 is 2.70 bits per heavy atom. The highest BCUT2D eigenvalue weighted by Crippen LogP contribution is 2.35. The number of nitrogens with zero attached hydrogens (tertiary/aromatic N) is 1. The van der Waals surface area contributed by atoms with Crippen LogP contribution in [0.4, 0.5) is 5.69 Å². The zero-order valence-corrected chi connectivity index (χ0v) is 14.0. The molecule has 5 nitrogen and oxygen atoms in total. The maximum absolute atomic E-state index is 10.8. The SMILES string of the molecule is O=[N+]([O-])c1ccc(Br)c(OCC2(CBr)CCOCC2)c1. The first-order valence-corrected chi connectivity index (χ1v) is 8.18. The molecule has 0 amide bonds. The Kier molecular flexibility index (Phi) is 5.40. The number of alkyl halides is 1. The van der Waals surface area contributed by atoms with Crippen molar-refractivity contribution in [2.75, 3.05) is 25.2 Å². The summed E-state index contributed by atoms with van der Waals surface area (Å²) >= 11 is 6.90. The Balaban J connectivity index is 2.09. The number of hydrogen-bond acceptors (Lipinski definition) is 4. The van der Waals surface area contributed by atoms with E-state index in [2.05, 4.69) is 31.9 Å². The fourth-order valence-corrected chi connectivity index (χ4v) is 3.15. The Labute approximate surface area is 134 Å². The van der Waals surface area contributed by atoms with E-state index in [0.717, 1.165) is 35.9 Å². The largest absolute Gasteiger partial charge is 0.492 e. The van der Waals surface area contributed by atoms with E-state index < -0.39 is 4.92 Å². The average Bonchev–Trinajstić information content (AvgIpc) is 2.47. The van der Waals surface area contributed by atoms with Crippen molar-refractivity contribution < 1.29 is 14.4 Å². The van der Waals surface area contributed by atoms with Crippen LogP contribution < -0.4 is 4.74 Å². The predicted molar refractivity (Wildman–Crippen MR) is 82.6 cm³/mol. The molecule has 0 bridgehead atoms. The minimum Gasteiger partial charge on any atom is -0.492 e. The summed E-state index contributed by atoms with van der Waals surface area (Å²) in [4.78, 5) is 10.4. The second-order valence-electron chi connectivity index (χ2n) is 4.91. The van der Waals surface area contributed by atoms with Crippen LogP contribution in [-0.2, 0) is 4.74 Å². The van der Waals surface area contributed by atoms with Gasteiger partial charge in [0.2, 0.25) is 0 Å². The minimum absolute atomic E-state index is 0.0301. The summed E-state index contributed by atoms with van der Waals surface area (Å²) in [6.07, 6.45) is 1.84. The minimum atomic E-state index is -0.423. The van der Waals surface area contributed by atoms with Crippen molar-refractivity contribution >= 4 is 37.5 Å². The highest BCUT2D eigenvalue weighted by molar-refractivity contribution is 9.10. The lowest BCUT2D eigenvalue weighted by Gasteiger charge is -2.35. The van der Waals surface area contributed by atoms with Gasteiger partial charge in [-0.25, -0.2) is 0 Å². The van der Waals surface area contributed by atoms with Crippen LogP contribution in [0.15, 0.2) is 22.7 Å². The van der Waals surface area contributed by atoms with Gasteiger partial charge in [0, 0.05) is 30.0 Å². The third kappa shape index (κ3) is 3.71. The quantitative estimate of drug-likeness (QED) is 0.420. The molecule has 1 aliphatic heterocycles. The fourth-order valence-electron chi connectivity index (χ4n) is 2.07. The monoisotopic (exact) mass is 407 g/mol. The molecule has 7 heteroatoms. The molecular formula is C13H15Br2NO4. The van der Waals surface area contributed by atoms with Crippen LogP contribution in [0, 0.1) is 15.5 Å². The number of benzene rings is 1. The van der Waals surface area contributed by atoms with Gasteiger partial charge in [-0.1, -0.05) is 15.9 Å². The molecule has 0 spiro atoms. The predicted octanol–water partition coefficient (Wildman–Crippen LogP) is 3.93. The van der Waals surface area contributed by atoms with Crippen molar-refractivity contribution in [2.24, 2.45) is 5.41 Å². The van der Waals surface area contributed by atoms with E-state index >= 15 is 0 Å². The fraction of sp³-hybridized carbons (Fsp3) is 0.538. The number of non-ortho nitro benzene ring substituents is 1. The molecule has 0 unspecified atom stereocenters. The molecule has 1 heterocycles. The molecule has 2 rings (SSSR count). The lowest BCUT2D eigenvalue weighted by Crippen LogP contribution is -2.36. The van der Waals surface area contributed by atoms with Gasteiger partial charge in [-0.15, -0.1) is 0 Å². The molecule has 0 N–H and O–H groups in total. The van der Waals surface area contributed by atoms with Crippen LogP contribution >= 0.6 is 31.9 Å². The molecule has 110 valence electrons. The Hall–Kier alpha value is -0.660. The van der Waals surface area contributed by atoms with Gasteiger partial charge >= 0.3 is 0 Å². The van der Waals surface area contributed by atoms with Gasteiger partial charge in [0.1, 0.15) is 5.75 Å². The lowest BCUT2D eigenvalue weighted by molar-refractivity contribution is -0.385. The van der Waals surface area contributed by atoms with E-state index in [-0.39, 0.29) is 11.1 Å². The number of nitro groups is 1. The van der Waals surface area contributed by atoms with Gasteiger partial charge in [0.25, 0.3) is 5.69 Å². The summed E-state index contributed by atoms with van der Waals surface area (Å²) in [5.74, 6) is 0.506. The molecule has 1 aromatic carbocycles. The summed E-state index contributed by atoms with van der Waals surface area (Å²) in [7, 11) is 0. The van der Waals surface area contributed by atoms with Gasteiger partial charge < -0.3 is 9.47 Å². The van der Waals surface area contributed by atoms with Crippen LogP contribution in [0.1, 0.15) is 12.8 Å². The van der Waals surface area contributed by atoms with E-state index in [1.807, 2.05) is 0 Å². The van der Waals surface area contributed by atoms with E-state index in [1.165, 1.54) is 12.1 Å². The molecule has 0 aromatic heterocycles. The third-order valence-electron chi connectivity index (χ3n) is 3.50. The Morgan fingerprint density at radius 1 is 1.40 bits per heavy atom. The number of hydrogen-bond donors (Lipinski definition) is 0. The summed E-state index contributed by atoms with van der Waals surface area (Å²) in [5, 5.41) is 11.6. The van der Waals surface area contributed by atoms with E-state index in [9.17, 15) is 10.1 Å². The van der Waals surface area contributed by atoms with Crippen molar-refractivity contribution in [2.45, 2.75) is 12.8 Å². The van der Waals surface area contributed by atoms with Crippen LogP contribution in [-0.4, -0.2) is 30.1 Å². The second kappa shape index (κ2) is 6.87. The molecule has 20 heavy (non-hydrogen) atoms. The van der Waals surface area contributed by atoms with Gasteiger partial charge in [0.05, 0.1) is 22.1 Å². The van der Waals surface area contributed by atoms with E-state index in [4.69, 9.17) is 9.47 Å². The molecule has 1 aromatic rings. The standard InChI is InChI=1S/C13H15Br2NO4/c14-8-13(3-5-19-6-4-13)9-20-12-7-10(16(17)18)1-2-11(12)15/h1-2,7H,3-6,8-9H2. The smallest absolute Gasteiger partial charge is 0.273 e. The van der Waals surface area contributed by atoms with E-state index in [0.29, 0.717) is 12.4 Å². The number of ether oxygens (including phenoxy) is 2. The first-order valence-electron chi connectivity index (χ1n) is 6.27. The van der Waals surface area contributed by atoms with Gasteiger partial charge in [-0.05, 0) is 34.8 Å². The molecule has 0 aliphatic carbocycles. The van der Waals surface area contributed by atoms with Crippen molar-refractivity contribution in [3.8, 4) is 5.75 Å². The normalized spacial score (nSPS) is 17.7. The molecule has 1 aliphatic rings. The second-order valence-corrected chi connectivity index (χ2v) is 6.32. The Bertz CT molecular complexity index is 489. The van der Waals surface area contributed by atoms with Crippen LogP contribution in [0.3, 0.4) is 0 Å². The summed E-state index contributed by atoms with van der Waals surface area (Å²) in [5.41, 5.74) is 0.0607. The first kappa shape index (κ1) is 15.7. The van der Waals surface area contributed by atoms with E-state index in [1.54, 1.807) is 6.07 Å². The molecular weight excluding hydrogens is 394 g/mol. The van der Waals surface area contributed by atoms with Crippen LogP contribution in [0.5, 0.6) is 5.75 Å². The van der Waals surface area contributed by atoms with Crippen LogP contribution in [0.25, 0.3) is 0 Å². The molecule has 1 fully saturated rings. The summed E-state index contributed by atoms with van der Waals surface area (Å²) in [6, 6.07) is 4.54. The third-order valence-corrected chi connectivity index (χ3v) is 5.34. The van der Waals surface area contributed by atoms with Gasteiger partial charge in [-0.2, -0.15) is 0 Å². The summed E-state index contributed by atoms with van der Waals surface area (Å²) in [6.45, 7) is 1.97. The maximum Gasteiger partial charge on any atom is 0.273 e. The molecule has 0 saturated carbocycles. The van der Waals surface area contributed by atoms with Gasteiger partial charge in [0.15, 0.2) is 0 Å². The molecule has 0 radical (unpaired) electrons. The average molecular weight is 409 g/mol. The van der Waals surface area contributed by atoms with Crippen molar-refractivity contribution in [3.05, 3.63) is 32.8 Å². The van der Waals surface area contributed by atoms with Gasteiger partial charge in [-0.3, -0.25) is 10.1 Å².